The molecule has 0 saturated carbocycles. The van der Waals surface area contributed by atoms with Crippen LogP contribution in [-0.4, -0.2) is 63.9 Å². The predicted octanol–water partition coefficient (Wildman–Crippen LogP) is 3.07. The van der Waals surface area contributed by atoms with Crippen LogP contribution in [0, 0.1) is 0 Å². The molecule has 4 amide bonds. The number of imide groups is 1. The number of alkyl halides is 3. The largest absolute Gasteiger partial charge is 0.416 e. The lowest BCUT2D eigenvalue weighted by molar-refractivity contribution is -0.140. The molecule has 2 aromatic carbocycles. The Hall–Kier alpha value is -3.44. The Labute approximate surface area is 200 Å². The quantitative estimate of drug-likeness (QED) is 0.652. The molecule has 0 bridgehead atoms. The Morgan fingerprint density at radius 2 is 1.80 bits per heavy atom. The zero-order chi connectivity index (χ0) is 25.3. The van der Waals surface area contributed by atoms with Gasteiger partial charge in [0.1, 0.15) is 12.6 Å². The minimum atomic E-state index is -4.55. The maximum Gasteiger partial charge on any atom is 0.416 e. The van der Waals surface area contributed by atoms with E-state index in [1.807, 2.05) is 19.9 Å². The van der Waals surface area contributed by atoms with E-state index in [1.54, 1.807) is 29.3 Å². The summed E-state index contributed by atoms with van der Waals surface area (Å²) in [5, 5.41) is 4.20. The smallest absolute Gasteiger partial charge is 0.325 e. The molecule has 3 atom stereocenters. The van der Waals surface area contributed by atoms with Crippen molar-refractivity contribution in [3.8, 4) is 0 Å². The molecule has 2 aliphatic heterocycles. The van der Waals surface area contributed by atoms with Gasteiger partial charge in [-0.1, -0.05) is 43.3 Å². The van der Waals surface area contributed by atoms with E-state index in [4.69, 9.17) is 0 Å². The highest BCUT2D eigenvalue weighted by atomic mass is 19.4. The second-order valence-electron chi connectivity index (χ2n) is 8.59. The molecule has 0 spiro atoms. The fourth-order valence-corrected chi connectivity index (χ4v) is 4.63. The summed E-state index contributed by atoms with van der Waals surface area (Å²) in [4.78, 5) is 42.1. The summed E-state index contributed by atoms with van der Waals surface area (Å²) in [6.07, 6.45) is -4.55. The molecule has 2 heterocycles. The van der Waals surface area contributed by atoms with Crippen molar-refractivity contribution in [1.29, 1.82) is 0 Å². The van der Waals surface area contributed by atoms with Gasteiger partial charge in [0.15, 0.2) is 0 Å². The van der Waals surface area contributed by atoms with Gasteiger partial charge in [-0.15, -0.1) is 0 Å². The summed E-state index contributed by atoms with van der Waals surface area (Å²) in [5.74, 6) is -1.02. The average Bonchev–Trinajstić information content (AvgIpc) is 3.16. The van der Waals surface area contributed by atoms with E-state index in [1.165, 1.54) is 17.0 Å². The van der Waals surface area contributed by atoms with Crippen molar-refractivity contribution in [1.82, 2.24) is 20.2 Å². The molecule has 3 unspecified atom stereocenters. The number of nitrogens with zero attached hydrogens (tertiary/aromatic N) is 3. The first kappa shape index (κ1) is 24.7. The van der Waals surface area contributed by atoms with E-state index < -0.39 is 42.3 Å². The third kappa shape index (κ3) is 5.01. The Balaban J connectivity index is 1.58. The number of rotatable bonds is 6. The highest BCUT2D eigenvalue weighted by Gasteiger charge is 2.54. The molecule has 8 nitrogen and oxygen atoms in total. The summed E-state index contributed by atoms with van der Waals surface area (Å²) in [5.41, 5.74) is 3.02. The lowest BCUT2D eigenvalue weighted by Crippen LogP contribution is -2.67. The second-order valence-corrected chi connectivity index (χ2v) is 8.59. The summed E-state index contributed by atoms with van der Waals surface area (Å²) in [6.45, 7) is 3.81. The van der Waals surface area contributed by atoms with Gasteiger partial charge in [0, 0.05) is 18.3 Å². The van der Waals surface area contributed by atoms with Crippen LogP contribution in [0.4, 0.5) is 23.7 Å². The molecule has 2 fully saturated rings. The molecule has 2 aromatic rings. The number of benzene rings is 2. The van der Waals surface area contributed by atoms with Gasteiger partial charge in [-0.3, -0.25) is 14.5 Å². The molecule has 11 heteroatoms. The minimum absolute atomic E-state index is 0.0316. The van der Waals surface area contributed by atoms with Crippen molar-refractivity contribution in [3.05, 3.63) is 65.7 Å². The minimum Gasteiger partial charge on any atom is -0.325 e. The van der Waals surface area contributed by atoms with Crippen LogP contribution in [-0.2, 0) is 22.3 Å². The molecule has 4 rings (SSSR count). The van der Waals surface area contributed by atoms with Crippen molar-refractivity contribution in [2.75, 3.05) is 18.4 Å². The van der Waals surface area contributed by atoms with Crippen LogP contribution in [0.1, 0.15) is 25.0 Å². The first-order chi connectivity index (χ1) is 16.6. The maximum absolute atomic E-state index is 13.5. The van der Waals surface area contributed by atoms with Gasteiger partial charge in [-0.05, 0) is 30.7 Å². The van der Waals surface area contributed by atoms with Crippen LogP contribution < -0.4 is 10.7 Å². The average molecular weight is 489 g/mol. The Morgan fingerprint density at radius 3 is 2.46 bits per heavy atom. The van der Waals surface area contributed by atoms with Crippen LogP contribution in [0.5, 0.6) is 0 Å². The normalized spacial score (nSPS) is 22.9. The van der Waals surface area contributed by atoms with E-state index in [-0.39, 0.29) is 24.2 Å². The van der Waals surface area contributed by atoms with Gasteiger partial charge in [0.25, 0.3) is 5.91 Å². The van der Waals surface area contributed by atoms with Crippen LogP contribution in [0.3, 0.4) is 0 Å². The zero-order valence-electron chi connectivity index (χ0n) is 19.2. The van der Waals surface area contributed by atoms with Crippen LogP contribution in [0.2, 0.25) is 0 Å². The van der Waals surface area contributed by atoms with Gasteiger partial charge < -0.3 is 10.2 Å². The number of nitrogens with one attached hydrogen (secondary N) is 2. The van der Waals surface area contributed by atoms with Crippen molar-refractivity contribution >= 4 is 23.5 Å². The number of hydrazine groups is 1. The van der Waals surface area contributed by atoms with E-state index in [0.717, 1.165) is 22.6 Å². The van der Waals surface area contributed by atoms with E-state index in [0.29, 0.717) is 6.54 Å². The van der Waals surface area contributed by atoms with Crippen LogP contribution in [0.15, 0.2) is 54.6 Å². The molecule has 35 heavy (non-hydrogen) atoms. The third-order valence-electron chi connectivity index (χ3n) is 6.21. The number of halogens is 3. The molecule has 186 valence electrons. The molecule has 0 aromatic heterocycles. The number of hydrogen-bond acceptors (Lipinski definition) is 5. The van der Waals surface area contributed by atoms with Crippen molar-refractivity contribution in [2.45, 2.75) is 44.7 Å². The standard InChI is InChI=1S/C24H26F3N5O3/c1-3-32-21-20(15(2)29-32)30(23(35)31(22(21)34)13-16-8-5-4-6-9-16)14-19(33)28-18-11-7-10-17(12-18)24(25,26)27/h4-12,15,20-21,29H,3,13-14H2,1-2H3,(H,28,33). The van der Waals surface area contributed by atoms with Gasteiger partial charge in [0.2, 0.25) is 5.91 Å². The van der Waals surface area contributed by atoms with Crippen LogP contribution in [0.25, 0.3) is 0 Å². The van der Waals surface area contributed by atoms with Crippen molar-refractivity contribution < 1.29 is 27.6 Å². The third-order valence-corrected chi connectivity index (χ3v) is 6.21. The predicted molar refractivity (Wildman–Crippen MR) is 122 cm³/mol. The highest BCUT2D eigenvalue weighted by Crippen LogP contribution is 2.32. The van der Waals surface area contributed by atoms with Gasteiger partial charge in [0.05, 0.1) is 18.2 Å². The molecule has 2 N–H and O–H groups in total. The number of amides is 4. The molecule has 0 radical (unpaired) electrons. The second kappa shape index (κ2) is 9.67. The zero-order valence-corrected chi connectivity index (χ0v) is 19.2. The molecule has 0 aliphatic carbocycles. The Kier molecular flexibility index (Phi) is 6.82. The number of hydrogen-bond donors (Lipinski definition) is 2. The molecule has 2 saturated heterocycles. The number of anilines is 1. The van der Waals surface area contributed by atoms with Gasteiger partial charge in [-0.2, -0.15) is 13.2 Å². The first-order valence-electron chi connectivity index (χ1n) is 11.3. The first-order valence-corrected chi connectivity index (χ1v) is 11.3. The SMILES string of the molecule is CCN1NC(C)C2C1C(=O)N(Cc1ccccc1)C(=O)N2CC(=O)Nc1cccc(C(F)(F)F)c1. The summed E-state index contributed by atoms with van der Waals surface area (Å²) in [6, 6.07) is 11.1. The van der Waals surface area contributed by atoms with Crippen molar-refractivity contribution in [3.63, 3.8) is 0 Å². The lowest BCUT2D eigenvalue weighted by Gasteiger charge is -2.43. The Morgan fingerprint density at radius 1 is 1.09 bits per heavy atom. The van der Waals surface area contributed by atoms with E-state index in [9.17, 15) is 27.6 Å². The van der Waals surface area contributed by atoms with E-state index >= 15 is 0 Å². The Bertz CT molecular complexity index is 1110. The molecule has 2 aliphatic rings. The lowest BCUT2D eigenvalue weighted by atomic mass is 9.97. The highest BCUT2D eigenvalue weighted by molar-refractivity contribution is 6.03. The van der Waals surface area contributed by atoms with Gasteiger partial charge >= 0.3 is 12.2 Å². The summed E-state index contributed by atoms with van der Waals surface area (Å²) in [7, 11) is 0. The molecular formula is C24H26F3N5O3. The topological polar surface area (TPSA) is 85.0 Å². The fraction of sp³-hybridized carbons (Fsp3) is 0.375. The summed E-state index contributed by atoms with van der Waals surface area (Å²) >= 11 is 0. The molecular weight excluding hydrogens is 463 g/mol. The monoisotopic (exact) mass is 489 g/mol. The number of carbonyl (C=O) groups is 3. The van der Waals surface area contributed by atoms with E-state index in [2.05, 4.69) is 10.7 Å². The number of likely N-dealkylation sites (N-methyl/N-ethyl adjacent to an activating group) is 1. The number of urea groups is 1. The fourth-order valence-electron chi connectivity index (χ4n) is 4.63. The number of fused-ring (bicyclic) bond motifs is 1. The van der Waals surface area contributed by atoms with Crippen LogP contribution >= 0.6 is 0 Å². The maximum atomic E-state index is 13.5. The van der Waals surface area contributed by atoms with Crippen molar-refractivity contribution in [2.24, 2.45) is 0 Å². The number of carbonyl (C=O) groups excluding carboxylic acids is 3. The summed E-state index contributed by atoms with van der Waals surface area (Å²) < 4.78 is 39.1. The van der Waals surface area contributed by atoms with Gasteiger partial charge in [-0.25, -0.2) is 15.2 Å².